The Morgan fingerprint density at radius 1 is 1.44 bits per heavy atom. The third kappa shape index (κ3) is 1.44. The highest BCUT2D eigenvalue weighted by atomic mass is 16.4. The van der Waals surface area contributed by atoms with E-state index in [9.17, 15) is 0 Å². The van der Waals surface area contributed by atoms with Crippen LogP contribution in [-0.2, 0) is 0 Å². The number of oxime groups is 1. The minimum absolute atomic E-state index is 0.579. The zero-order valence-electron chi connectivity index (χ0n) is 5.80. The van der Waals surface area contributed by atoms with Gasteiger partial charge in [-0.15, -0.1) is 0 Å². The number of hydrogen-bond donors (Lipinski definition) is 1. The van der Waals surface area contributed by atoms with Crippen LogP contribution < -0.4 is 0 Å². The van der Waals surface area contributed by atoms with E-state index in [0.29, 0.717) is 5.92 Å². The highest BCUT2D eigenvalue weighted by Crippen LogP contribution is 2.25. The van der Waals surface area contributed by atoms with Crippen LogP contribution in [0.4, 0.5) is 0 Å². The first-order valence-corrected chi connectivity index (χ1v) is 3.53. The van der Waals surface area contributed by atoms with E-state index in [-0.39, 0.29) is 0 Å². The SMILES string of the molecule is C/C(=N\O)C1CCCC1. The van der Waals surface area contributed by atoms with Crippen LogP contribution in [0.5, 0.6) is 0 Å². The molecule has 1 N–H and O–H groups in total. The van der Waals surface area contributed by atoms with Crippen LogP contribution in [0.2, 0.25) is 0 Å². The third-order valence-electron chi connectivity index (χ3n) is 2.10. The lowest BCUT2D eigenvalue weighted by molar-refractivity contribution is 0.314. The molecule has 9 heavy (non-hydrogen) atoms. The molecule has 0 aliphatic heterocycles. The molecular weight excluding hydrogens is 114 g/mol. The van der Waals surface area contributed by atoms with Gasteiger partial charge in [0.05, 0.1) is 5.71 Å². The van der Waals surface area contributed by atoms with Gasteiger partial charge in [-0.25, -0.2) is 0 Å². The van der Waals surface area contributed by atoms with Crippen LogP contribution in [0.25, 0.3) is 0 Å². The molecule has 52 valence electrons. The molecule has 0 heterocycles. The Labute approximate surface area is 55.6 Å². The Hall–Kier alpha value is -0.530. The molecule has 1 fully saturated rings. The van der Waals surface area contributed by atoms with E-state index < -0.39 is 0 Å². The van der Waals surface area contributed by atoms with Crippen LogP contribution in [0, 0.1) is 5.92 Å². The fourth-order valence-electron chi connectivity index (χ4n) is 1.43. The zero-order chi connectivity index (χ0) is 6.69. The molecule has 0 unspecified atom stereocenters. The number of rotatable bonds is 1. The summed E-state index contributed by atoms with van der Waals surface area (Å²) < 4.78 is 0. The van der Waals surface area contributed by atoms with Crippen molar-refractivity contribution >= 4 is 5.71 Å². The molecule has 2 nitrogen and oxygen atoms in total. The van der Waals surface area contributed by atoms with E-state index in [1.165, 1.54) is 25.7 Å². The first-order valence-electron chi connectivity index (χ1n) is 3.53. The van der Waals surface area contributed by atoms with Crippen molar-refractivity contribution in [1.29, 1.82) is 0 Å². The molecule has 1 saturated carbocycles. The summed E-state index contributed by atoms with van der Waals surface area (Å²) in [6.45, 7) is 1.90. The minimum Gasteiger partial charge on any atom is -0.411 e. The lowest BCUT2D eigenvalue weighted by Crippen LogP contribution is -2.05. The van der Waals surface area contributed by atoms with Gasteiger partial charge in [-0.3, -0.25) is 0 Å². The lowest BCUT2D eigenvalue weighted by Gasteiger charge is -2.03. The summed E-state index contributed by atoms with van der Waals surface area (Å²) in [4.78, 5) is 0. The van der Waals surface area contributed by atoms with E-state index in [2.05, 4.69) is 5.16 Å². The average molecular weight is 127 g/mol. The topological polar surface area (TPSA) is 32.6 Å². The maximum Gasteiger partial charge on any atom is 0.0570 e. The van der Waals surface area contributed by atoms with Crippen molar-refractivity contribution in [3.05, 3.63) is 0 Å². The van der Waals surface area contributed by atoms with E-state index in [1.54, 1.807) is 0 Å². The molecular formula is C7H13NO. The minimum atomic E-state index is 0.579. The molecule has 0 spiro atoms. The van der Waals surface area contributed by atoms with E-state index in [4.69, 9.17) is 5.21 Å². The predicted molar refractivity (Wildman–Crippen MR) is 36.9 cm³/mol. The molecule has 0 aromatic rings. The van der Waals surface area contributed by atoms with Crippen molar-refractivity contribution in [3.8, 4) is 0 Å². The van der Waals surface area contributed by atoms with E-state index >= 15 is 0 Å². The Morgan fingerprint density at radius 2 is 2.00 bits per heavy atom. The zero-order valence-corrected chi connectivity index (χ0v) is 5.80. The predicted octanol–water partition coefficient (Wildman–Crippen LogP) is 2.03. The van der Waals surface area contributed by atoms with Crippen LogP contribution in [-0.4, -0.2) is 10.9 Å². The fraction of sp³-hybridized carbons (Fsp3) is 0.857. The summed E-state index contributed by atoms with van der Waals surface area (Å²) >= 11 is 0. The molecule has 0 saturated heterocycles. The maximum absolute atomic E-state index is 8.38. The molecule has 0 aromatic carbocycles. The van der Waals surface area contributed by atoms with Crippen LogP contribution in [0.1, 0.15) is 32.6 Å². The van der Waals surface area contributed by atoms with E-state index in [0.717, 1.165) is 5.71 Å². The molecule has 1 aliphatic carbocycles. The van der Waals surface area contributed by atoms with Gasteiger partial charge in [-0.1, -0.05) is 18.0 Å². The van der Waals surface area contributed by atoms with Gasteiger partial charge in [-0.2, -0.15) is 0 Å². The van der Waals surface area contributed by atoms with Crippen molar-refractivity contribution in [2.75, 3.05) is 0 Å². The van der Waals surface area contributed by atoms with Gasteiger partial charge in [0, 0.05) is 5.92 Å². The highest BCUT2D eigenvalue weighted by Gasteiger charge is 2.17. The normalized spacial score (nSPS) is 23.0. The van der Waals surface area contributed by atoms with Gasteiger partial charge < -0.3 is 5.21 Å². The van der Waals surface area contributed by atoms with Gasteiger partial charge in [0.1, 0.15) is 0 Å². The van der Waals surface area contributed by atoms with Crippen LogP contribution in [0.15, 0.2) is 5.16 Å². The third-order valence-corrected chi connectivity index (χ3v) is 2.10. The summed E-state index contributed by atoms with van der Waals surface area (Å²) in [6.07, 6.45) is 5.04. The Balaban J connectivity index is 2.42. The molecule has 1 aliphatic rings. The maximum atomic E-state index is 8.38. The first kappa shape index (κ1) is 6.59. The Kier molecular flexibility index (Phi) is 2.09. The Bertz CT molecular complexity index is 114. The molecule has 0 amide bonds. The molecule has 0 radical (unpaired) electrons. The number of nitrogens with zero attached hydrogens (tertiary/aromatic N) is 1. The molecule has 0 bridgehead atoms. The largest absolute Gasteiger partial charge is 0.411 e. The van der Waals surface area contributed by atoms with Gasteiger partial charge >= 0.3 is 0 Å². The van der Waals surface area contributed by atoms with Crippen LogP contribution in [0.3, 0.4) is 0 Å². The standard InChI is InChI=1S/C7H13NO/c1-6(8-9)7-4-2-3-5-7/h7,9H,2-5H2,1H3/b8-6+. The Morgan fingerprint density at radius 3 is 2.44 bits per heavy atom. The van der Waals surface area contributed by atoms with Gasteiger partial charge in [0.25, 0.3) is 0 Å². The van der Waals surface area contributed by atoms with Crippen LogP contribution >= 0.6 is 0 Å². The van der Waals surface area contributed by atoms with Gasteiger partial charge in [0.15, 0.2) is 0 Å². The summed E-state index contributed by atoms with van der Waals surface area (Å²) in [6, 6.07) is 0. The monoisotopic (exact) mass is 127 g/mol. The molecule has 0 atom stereocenters. The first-order chi connectivity index (χ1) is 4.34. The summed E-state index contributed by atoms with van der Waals surface area (Å²) in [5, 5.41) is 11.6. The van der Waals surface area contributed by atoms with Crippen molar-refractivity contribution in [2.24, 2.45) is 11.1 Å². The van der Waals surface area contributed by atoms with E-state index in [1.807, 2.05) is 6.92 Å². The second-order valence-corrected chi connectivity index (χ2v) is 2.72. The second-order valence-electron chi connectivity index (χ2n) is 2.72. The fourth-order valence-corrected chi connectivity index (χ4v) is 1.43. The van der Waals surface area contributed by atoms with Crippen molar-refractivity contribution < 1.29 is 5.21 Å². The highest BCUT2D eigenvalue weighted by molar-refractivity contribution is 5.83. The quantitative estimate of drug-likeness (QED) is 0.326. The van der Waals surface area contributed by atoms with Crippen molar-refractivity contribution in [3.63, 3.8) is 0 Å². The molecule has 1 rings (SSSR count). The van der Waals surface area contributed by atoms with Crippen molar-refractivity contribution in [2.45, 2.75) is 32.6 Å². The molecule has 2 heteroatoms. The summed E-state index contributed by atoms with van der Waals surface area (Å²) in [5.74, 6) is 0.579. The van der Waals surface area contributed by atoms with Crippen molar-refractivity contribution in [1.82, 2.24) is 0 Å². The van der Waals surface area contributed by atoms with Gasteiger partial charge in [-0.05, 0) is 19.8 Å². The smallest absolute Gasteiger partial charge is 0.0570 e. The summed E-state index contributed by atoms with van der Waals surface area (Å²) in [7, 11) is 0. The molecule has 0 aromatic heterocycles. The summed E-state index contributed by atoms with van der Waals surface area (Å²) in [5.41, 5.74) is 0.910. The van der Waals surface area contributed by atoms with Gasteiger partial charge in [0.2, 0.25) is 0 Å². The second kappa shape index (κ2) is 2.85. The lowest BCUT2D eigenvalue weighted by atomic mass is 10.0. The average Bonchev–Trinajstić information content (AvgIpc) is 2.37. The number of hydrogen-bond acceptors (Lipinski definition) is 2.